The number of nitrogens with two attached hydrogens (primary N) is 4. The molecule has 0 spiro atoms. The number of esters is 1. The van der Waals surface area contributed by atoms with Crippen molar-refractivity contribution >= 4 is 118 Å². The van der Waals surface area contributed by atoms with Crippen LogP contribution in [0.2, 0.25) is 0 Å². The standard InChI is InChI=1S/C84H146N18O22/c1-18-20-21-22-23-24-25-26-66(107)89-56(37-43(3)4)76(115)94-55(31-36-67(108)109)71(110)90-53(29-34-64(87)105)74(113)100-68(48(13)14)82(121)97-60(41-47(11)12)79(118)92-52(28-33-63(86)104)73(112)99-61-42-124-84(123)70(50(17)19-2)102-75(114)54(30-35-65(88)106)93-77(116)57(38-44(5)6)96-80(119)58(39-45(7)8)95-72(111)51(27-32-62(85)103)91-78(117)59(40-46(9)10)98-83(122)69(49(15)16)101-81(61)120/h43-61,68-70H,18-42H2,1-17H3,(H2,85,103)(H2,86,104)(H2,87,105)(H2,88,106)(H,89,107)(H,90,110)(H,91,117)(H,92,118)(H,93,116)(H,94,115)(H,95,111)(H,96,119)(H,97,121)(H,98,122)(H,99,112)(H,100,113)(H,101,120)(H,102,114)(H,108,109)/t50-,51+,52+,53+,54+,55+,56-,57-,58-,59+,60+,61+,68+,69+,70-/m0/s1. The Morgan fingerprint density at radius 3 is 1.13 bits per heavy atom. The van der Waals surface area contributed by atoms with E-state index < -0.39 is 297 Å². The Balaban J connectivity index is 4.23. The largest absolute Gasteiger partial charge is 0.481 e. The molecule has 40 nitrogen and oxygen atoms in total. The van der Waals surface area contributed by atoms with Crippen molar-refractivity contribution in [2.24, 2.45) is 70.3 Å². The fourth-order valence-electron chi connectivity index (χ4n) is 13.4. The SMILES string of the molecule is CCCCCCCCCC(=O)N[C@@H](CC(C)C)C(=O)N[C@H](CCC(=O)O)C(=O)N[C@H](CCC(N)=O)C(=O)N[C@@H](C(=O)N[C@H](CC(C)C)C(=O)N[C@H](CCC(N)=O)C(=O)N[C@@H]1COC(=O)[C@H]([C@@H](C)CC)NC(=O)[C@@H](CCC(N)=O)NC(=O)[C@H](CC(C)C)NC(=O)[C@H](CC(C)C)NC(=O)[C@@H](CCC(N)=O)NC(=O)[C@@H](CC(C)C)NC(=O)[C@@H](C(C)C)NC1=O)C(C)C. The monoisotopic (exact) mass is 1760 g/mol. The van der Waals surface area contributed by atoms with Gasteiger partial charge in [0.1, 0.15) is 91.2 Å². The number of carboxylic acid groups (broad SMARTS) is 1. The molecule has 1 saturated heterocycles. The Morgan fingerprint density at radius 2 is 0.734 bits per heavy atom. The number of primary amides is 4. The van der Waals surface area contributed by atoms with Gasteiger partial charge in [0.05, 0.1) is 0 Å². The van der Waals surface area contributed by atoms with E-state index in [2.05, 4.69) is 81.4 Å². The molecule has 0 bridgehead atoms. The molecule has 23 N–H and O–H groups in total. The lowest BCUT2D eigenvalue weighted by Crippen LogP contribution is -2.62. The summed E-state index contributed by atoms with van der Waals surface area (Å²) >= 11 is 0. The van der Waals surface area contributed by atoms with Gasteiger partial charge < -0.3 is 107 Å². The molecule has 1 heterocycles. The molecule has 0 radical (unpaired) electrons. The van der Waals surface area contributed by atoms with E-state index in [9.17, 15) is 91.4 Å². The van der Waals surface area contributed by atoms with Crippen LogP contribution < -0.4 is 97.4 Å². The summed E-state index contributed by atoms with van der Waals surface area (Å²) in [6.07, 6.45) is 1.18. The van der Waals surface area contributed by atoms with Gasteiger partial charge in [-0.25, -0.2) is 4.79 Å². The summed E-state index contributed by atoms with van der Waals surface area (Å²) in [4.78, 5) is 280. The van der Waals surface area contributed by atoms with Gasteiger partial charge in [0.25, 0.3) is 0 Å². The Hall–Kier alpha value is -10.6. The number of carboxylic acids is 1. The van der Waals surface area contributed by atoms with Crippen molar-refractivity contribution < 1.29 is 106 Å². The van der Waals surface area contributed by atoms with E-state index >= 15 is 9.59 Å². The third-order valence-electron chi connectivity index (χ3n) is 20.5. The lowest BCUT2D eigenvalue weighted by molar-refractivity contribution is -0.152. The summed E-state index contributed by atoms with van der Waals surface area (Å²) in [6.45, 7) is 27.4. The minimum absolute atomic E-state index is 0.0444. The summed E-state index contributed by atoms with van der Waals surface area (Å²) < 4.78 is 5.80. The molecule has 18 amide bonds. The van der Waals surface area contributed by atoms with Crippen molar-refractivity contribution in [2.45, 2.75) is 356 Å². The van der Waals surface area contributed by atoms with Crippen molar-refractivity contribution in [1.29, 1.82) is 0 Å². The number of unbranched alkanes of at least 4 members (excludes halogenated alkanes) is 6. The second-order valence-corrected chi connectivity index (χ2v) is 35.2. The van der Waals surface area contributed by atoms with Gasteiger partial charge in [-0.05, 0) is 118 Å². The second kappa shape index (κ2) is 57.8. The van der Waals surface area contributed by atoms with Crippen molar-refractivity contribution in [3.63, 3.8) is 0 Å². The Kier molecular flexibility index (Phi) is 51.9. The molecule has 40 heteroatoms. The molecule has 1 aliphatic heterocycles. The number of amides is 18. The molecule has 0 aromatic rings. The minimum atomic E-state index is -2.10. The molecule has 0 aromatic carbocycles. The Bertz CT molecular complexity index is 3590. The zero-order valence-electron chi connectivity index (χ0n) is 75.7. The van der Waals surface area contributed by atoms with Gasteiger partial charge in [0, 0.05) is 38.5 Å². The number of hydrogen-bond acceptors (Lipinski definition) is 21. The molecule has 1 rings (SSSR count). The van der Waals surface area contributed by atoms with Gasteiger partial charge in [-0.1, -0.05) is 163 Å². The van der Waals surface area contributed by atoms with Gasteiger partial charge in [-0.15, -0.1) is 0 Å². The summed E-state index contributed by atoms with van der Waals surface area (Å²) in [7, 11) is 0. The first-order valence-electron chi connectivity index (χ1n) is 43.7. The summed E-state index contributed by atoms with van der Waals surface area (Å²) in [5.41, 5.74) is 22.2. The van der Waals surface area contributed by atoms with Crippen molar-refractivity contribution in [3.8, 4) is 0 Å². The van der Waals surface area contributed by atoms with Gasteiger partial charge in [0.15, 0.2) is 0 Å². The van der Waals surface area contributed by atoms with Crippen LogP contribution in [-0.2, 0) is 101 Å². The quantitative estimate of drug-likeness (QED) is 0.0281. The van der Waals surface area contributed by atoms with Crippen LogP contribution in [0.5, 0.6) is 0 Å². The molecule has 1 fully saturated rings. The van der Waals surface area contributed by atoms with E-state index in [1.54, 1.807) is 76.2 Å². The average molecular weight is 1760 g/mol. The smallest absolute Gasteiger partial charge is 0.329 e. The van der Waals surface area contributed by atoms with E-state index in [-0.39, 0.29) is 68.6 Å². The number of hydrogen-bond donors (Lipinski definition) is 19. The molecule has 704 valence electrons. The highest BCUT2D eigenvalue weighted by molar-refractivity contribution is 6.01. The van der Waals surface area contributed by atoms with E-state index in [1.807, 2.05) is 0 Å². The fourth-order valence-corrected chi connectivity index (χ4v) is 13.4. The summed E-state index contributed by atoms with van der Waals surface area (Å²) in [5, 5.41) is 45.7. The van der Waals surface area contributed by atoms with Crippen LogP contribution in [0.15, 0.2) is 0 Å². The van der Waals surface area contributed by atoms with Crippen molar-refractivity contribution in [3.05, 3.63) is 0 Å². The highest BCUT2D eigenvalue weighted by Crippen LogP contribution is 2.19. The number of rotatable bonds is 50. The van der Waals surface area contributed by atoms with Crippen LogP contribution in [0.4, 0.5) is 0 Å². The normalized spacial score (nSPS) is 20.4. The van der Waals surface area contributed by atoms with Crippen LogP contribution in [0.3, 0.4) is 0 Å². The topological polar surface area (TPSA) is 643 Å². The number of ether oxygens (including phenoxy) is 1. The number of cyclic esters (lactones) is 1. The van der Waals surface area contributed by atoms with Gasteiger partial charge >= 0.3 is 11.9 Å². The molecule has 1 aliphatic rings. The maximum absolute atomic E-state index is 15.1. The maximum atomic E-state index is 15.1. The number of carbonyl (C=O) groups excluding carboxylic acids is 19. The zero-order valence-corrected chi connectivity index (χ0v) is 75.7. The third-order valence-corrected chi connectivity index (χ3v) is 20.5. The maximum Gasteiger partial charge on any atom is 0.329 e. The van der Waals surface area contributed by atoms with Crippen LogP contribution >= 0.6 is 0 Å². The molecule has 0 aliphatic carbocycles. The zero-order chi connectivity index (χ0) is 94.5. The second-order valence-electron chi connectivity index (χ2n) is 35.2. The summed E-state index contributed by atoms with van der Waals surface area (Å²) in [5.74, 6) is -24.5. The highest BCUT2D eigenvalue weighted by atomic mass is 16.5. The first-order valence-corrected chi connectivity index (χ1v) is 43.7. The van der Waals surface area contributed by atoms with Crippen molar-refractivity contribution in [1.82, 2.24) is 74.4 Å². The molecule has 0 saturated carbocycles. The van der Waals surface area contributed by atoms with E-state index in [1.165, 1.54) is 34.6 Å². The van der Waals surface area contributed by atoms with Crippen LogP contribution in [-0.4, -0.2) is 215 Å². The fraction of sp³-hybridized carbons (Fsp3) is 0.762. The molecule has 0 aromatic heterocycles. The van der Waals surface area contributed by atoms with E-state index in [0.29, 0.717) is 6.42 Å². The minimum Gasteiger partial charge on any atom is -0.481 e. The number of nitrogens with one attached hydrogen (secondary N) is 14. The lowest BCUT2D eigenvalue weighted by Gasteiger charge is -2.30. The average Bonchev–Trinajstić information content (AvgIpc) is 0.983. The van der Waals surface area contributed by atoms with E-state index in [0.717, 1.165) is 38.5 Å². The number of carbonyl (C=O) groups is 20. The Morgan fingerprint density at radius 1 is 0.379 bits per heavy atom. The van der Waals surface area contributed by atoms with Crippen molar-refractivity contribution in [2.75, 3.05) is 6.61 Å². The molecule has 0 unspecified atom stereocenters. The first-order chi connectivity index (χ1) is 57.9. The van der Waals surface area contributed by atoms with E-state index in [4.69, 9.17) is 27.7 Å². The predicted molar refractivity (Wildman–Crippen MR) is 458 cm³/mol. The highest BCUT2D eigenvalue weighted by Gasteiger charge is 2.41. The summed E-state index contributed by atoms with van der Waals surface area (Å²) in [6, 6.07) is -22.6. The number of aliphatic carboxylic acids is 1. The third kappa shape index (κ3) is 44.6. The molecule has 15 atom stereocenters. The van der Waals surface area contributed by atoms with Crippen LogP contribution in [0.1, 0.15) is 272 Å². The predicted octanol–water partition coefficient (Wildman–Crippen LogP) is -0.0135. The van der Waals surface area contributed by atoms with Crippen LogP contribution in [0.25, 0.3) is 0 Å². The lowest BCUT2D eigenvalue weighted by atomic mass is 9.97. The van der Waals surface area contributed by atoms with Gasteiger partial charge in [-0.2, -0.15) is 0 Å². The van der Waals surface area contributed by atoms with Gasteiger partial charge in [0.2, 0.25) is 106 Å². The Labute approximate surface area is 728 Å². The molecule has 124 heavy (non-hydrogen) atoms. The first kappa shape index (κ1) is 111. The molecular formula is C84H146N18O22. The van der Waals surface area contributed by atoms with Crippen LogP contribution in [0, 0.1) is 47.3 Å². The van der Waals surface area contributed by atoms with Gasteiger partial charge in [-0.3, -0.25) is 91.1 Å². The molecular weight excluding hydrogens is 1610 g/mol.